The number of rotatable bonds is 6. The van der Waals surface area contributed by atoms with Crippen molar-refractivity contribution in [3.05, 3.63) is 11.1 Å². The van der Waals surface area contributed by atoms with Gasteiger partial charge in [-0.1, -0.05) is 0 Å². The van der Waals surface area contributed by atoms with Crippen molar-refractivity contribution in [2.24, 2.45) is 0 Å². The standard InChI is InChI=1S/C8H12O4S2/c9-7(10)5(1-3-13)6(2-4-14)8(11)12/h13-14H,1-4H2,(H,9,10)(H,11,12)/p-2/b6-5-. The van der Waals surface area contributed by atoms with E-state index in [1.54, 1.807) is 0 Å². The molecule has 80 valence electrons. The van der Waals surface area contributed by atoms with Crippen molar-refractivity contribution in [2.45, 2.75) is 12.8 Å². The van der Waals surface area contributed by atoms with E-state index in [-0.39, 0.29) is 35.5 Å². The molecule has 0 saturated heterocycles. The molecule has 6 heteroatoms. The van der Waals surface area contributed by atoms with Crippen LogP contribution in [0.3, 0.4) is 0 Å². The summed E-state index contributed by atoms with van der Waals surface area (Å²) in [4.78, 5) is 21.2. The highest BCUT2D eigenvalue weighted by Crippen LogP contribution is 2.13. The molecule has 14 heavy (non-hydrogen) atoms. The number of hydrogen-bond acceptors (Lipinski definition) is 6. The van der Waals surface area contributed by atoms with Gasteiger partial charge in [0.25, 0.3) is 0 Å². The van der Waals surface area contributed by atoms with Gasteiger partial charge in [0.15, 0.2) is 0 Å². The Hall–Kier alpha value is -0.620. The lowest BCUT2D eigenvalue weighted by Gasteiger charge is -2.15. The van der Waals surface area contributed by atoms with Crippen LogP contribution in [0.5, 0.6) is 0 Å². The minimum Gasteiger partial charge on any atom is -0.545 e. The number of carbonyl (C=O) groups is 2. The van der Waals surface area contributed by atoms with Crippen molar-refractivity contribution in [1.82, 2.24) is 0 Å². The van der Waals surface area contributed by atoms with E-state index in [2.05, 4.69) is 25.3 Å². The molecule has 0 fully saturated rings. The molecule has 0 bridgehead atoms. The number of carboxylic acid groups (broad SMARTS) is 2. The van der Waals surface area contributed by atoms with Crippen molar-refractivity contribution in [2.75, 3.05) is 11.5 Å². The molecular weight excluding hydrogens is 224 g/mol. The van der Waals surface area contributed by atoms with E-state index in [1.165, 1.54) is 0 Å². The molecule has 0 amide bonds. The van der Waals surface area contributed by atoms with Gasteiger partial charge in [0.2, 0.25) is 0 Å². The van der Waals surface area contributed by atoms with Crippen LogP contribution in [0.2, 0.25) is 0 Å². The van der Waals surface area contributed by atoms with Gasteiger partial charge in [-0.15, -0.1) is 0 Å². The Morgan fingerprint density at radius 2 is 1.14 bits per heavy atom. The fraction of sp³-hybridized carbons (Fsp3) is 0.500. The van der Waals surface area contributed by atoms with Crippen molar-refractivity contribution >= 4 is 37.2 Å². The van der Waals surface area contributed by atoms with Crippen molar-refractivity contribution < 1.29 is 19.8 Å². The number of aliphatic carboxylic acids is 2. The van der Waals surface area contributed by atoms with Gasteiger partial charge >= 0.3 is 0 Å². The quantitative estimate of drug-likeness (QED) is 0.429. The van der Waals surface area contributed by atoms with E-state index in [0.717, 1.165) is 0 Å². The minimum absolute atomic E-state index is 0.0442. The molecule has 0 saturated carbocycles. The van der Waals surface area contributed by atoms with Gasteiger partial charge in [-0.2, -0.15) is 25.3 Å². The van der Waals surface area contributed by atoms with E-state index >= 15 is 0 Å². The summed E-state index contributed by atoms with van der Waals surface area (Å²) in [6.07, 6.45) is 0.0884. The Morgan fingerprint density at radius 3 is 1.29 bits per heavy atom. The zero-order valence-electron chi connectivity index (χ0n) is 7.36. The molecule has 0 rings (SSSR count). The van der Waals surface area contributed by atoms with E-state index in [9.17, 15) is 19.8 Å². The van der Waals surface area contributed by atoms with Crippen LogP contribution in [0.25, 0.3) is 0 Å². The molecule has 4 nitrogen and oxygen atoms in total. The van der Waals surface area contributed by atoms with E-state index in [1.807, 2.05) is 0 Å². The number of thiol groups is 2. The highest BCUT2D eigenvalue weighted by Gasteiger charge is 2.08. The maximum atomic E-state index is 10.6. The normalized spacial score (nSPS) is 12.1. The molecule has 0 aliphatic heterocycles. The third-order valence-electron chi connectivity index (χ3n) is 1.58. The van der Waals surface area contributed by atoms with Crippen LogP contribution >= 0.6 is 25.3 Å². The lowest BCUT2D eigenvalue weighted by Crippen LogP contribution is -2.32. The average molecular weight is 234 g/mol. The molecule has 0 spiro atoms. The second kappa shape index (κ2) is 6.78. The van der Waals surface area contributed by atoms with Gasteiger partial charge in [0, 0.05) is 0 Å². The van der Waals surface area contributed by atoms with Gasteiger partial charge in [-0.25, -0.2) is 0 Å². The summed E-state index contributed by atoms with van der Waals surface area (Å²) in [5.74, 6) is -2.49. The molecular formula is C8H10O4S2-2. The van der Waals surface area contributed by atoms with Crippen LogP contribution in [0, 0.1) is 0 Å². The monoisotopic (exact) mass is 234 g/mol. The molecule has 0 aliphatic rings. The van der Waals surface area contributed by atoms with Crippen LogP contribution in [-0.4, -0.2) is 23.4 Å². The second-order valence-electron chi connectivity index (χ2n) is 2.48. The summed E-state index contributed by atoms with van der Waals surface area (Å²) < 4.78 is 0. The summed E-state index contributed by atoms with van der Waals surface area (Å²) in [5.41, 5.74) is -0.511. The molecule has 0 N–H and O–H groups in total. The van der Waals surface area contributed by atoms with Gasteiger partial charge in [0.1, 0.15) is 0 Å². The zero-order chi connectivity index (χ0) is 11.1. The predicted octanol–water partition coefficient (Wildman–Crippen LogP) is -1.58. The number of carbonyl (C=O) groups excluding carboxylic acids is 2. The highest BCUT2D eigenvalue weighted by molar-refractivity contribution is 7.80. The molecule has 0 radical (unpaired) electrons. The highest BCUT2D eigenvalue weighted by atomic mass is 32.1. The maximum absolute atomic E-state index is 10.6. The lowest BCUT2D eigenvalue weighted by atomic mass is 10.0. The van der Waals surface area contributed by atoms with Crippen LogP contribution in [0.4, 0.5) is 0 Å². The zero-order valence-corrected chi connectivity index (χ0v) is 9.14. The average Bonchev–Trinajstić information content (AvgIpc) is 2.10. The van der Waals surface area contributed by atoms with Crippen molar-refractivity contribution in [1.29, 1.82) is 0 Å². The van der Waals surface area contributed by atoms with Gasteiger partial charge in [-0.3, -0.25) is 0 Å². The van der Waals surface area contributed by atoms with Crippen LogP contribution in [0.1, 0.15) is 12.8 Å². The third kappa shape index (κ3) is 4.06. The van der Waals surface area contributed by atoms with Crippen LogP contribution in [0.15, 0.2) is 11.1 Å². The first-order valence-corrected chi connectivity index (χ1v) is 5.17. The van der Waals surface area contributed by atoms with Gasteiger partial charge in [-0.05, 0) is 35.5 Å². The largest absolute Gasteiger partial charge is 0.545 e. The second-order valence-corrected chi connectivity index (χ2v) is 3.37. The van der Waals surface area contributed by atoms with Crippen molar-refractivity contribution in [3.63, 3.8) is 0 Å². The Bertz CT molecular complexity index is 234. The number of hydrogen-bond donors (Lipinski definition) is 2. The fourth-order valence-electron chi connectivity index (χ4n) is 0.976. The molecule has 0 aromatic carbocycles. The smallest absolute Gasteiger partial charge is 0.0678 e. The molecule has 0 heterocycles. The Morgan fingerprint density at radius 1 is 0.857 bits per heavy atom. The Kier molecular flexibility index (Phi) is 6.48. The first-order valence-electron chi connectivity index (χ1n) is 3.91. The summed E-state index contributed by atoms with van der Waals surface area (Å²) in [6.45, 7) is 0. The minimum atomic E-state index is -1.49. The topological polar surface area (TPSA) is 80.3 Å². The third-order valence-corrected chi connectivity index (χ3v) is 2.03. The van der Waals surface area contributed by atoms with Crippen LogP contribution < -0.4 is 10.2 Å². The first-order chi connectivity index (χ1) is 6.54. The Labute approximate surface area is 92.8 Å². The number of carboxylic acids is 2. The Balaban J connectivity index is 5.03. The molecule has 0 aromatic rings. The van der Waals surface area contributed by atoms with Gasteiger partial charge in [0.05, 0.1) is 11.9 Å². The molecule has 0 atom stereocenters. The predicted molar refractivity (Wildman–Crippen MR) is 54.0 cm³/mol. The van der Waals surface area contributed by atoms with Gasteiger partial charge < -0.3 is 19.8 Å². The van der Waals surface area contributed by atoms with E-state index in [0.29, 0.717) is 0 Å². The lowest BCUT2D eigenvalue weighted by molar-refractivity contribution is -0.304. The van der Waals surface area contributed by atoms with E-state index < -0.39 is 11.9 Å². The molecule has 0 aliphatic carbocycles. The maximum Gasteiger partial charge on any atom is 0.0678 e. The summed E-state index contributed by atoms with van der Waals surface area (Å²) >= 11 is 7.66. The van der Waals surface area contributed by atoms with Crippen LogP contribution in [-0.2, 0) is 9.59 Å². The fourth-order valence-corrected chi connectivity index (χ4v) is 1.42. The van der Waals surface area contributed by atoms with E-state index in [4.69, 9.17) is 0 Å². The molecule has 0 aromatic heterocycles. The first kappa shape index (κ1) is 13.4. The van der Waals surface area contributed by atoms with Crippen molar-refractivity contribution in [3.8, 4) is 0 Å². The SMILES string of the molecule is O=C([O-])/C(CCS)=C(/CCS)C(=O)[O-]. The summed E-state index contributed by atoms with van der Waals surface area (Å²) in [7, 11) is 0. The summed E-state index contributed by atoms with van der Waals surface area (Å²) in [6, 6.07) is 0. The summed E-state index contributed by atoms with van der Waals surface area (Å²) in [5, 5.41) is 21.2. The molecule has 0 unspecified atom stereocenters.